The highest BCUT2D eigenvalue weighted by atomic mass is 35.5. The molecule has 0 aliphatic carbocycles. The average molecular weight is 580 g/mol. The molecule has 4 rings (SSSR count). The molecule has 0 bridgehead atoms. The van der Waals surface area contributed by atoms with Crippen molar-refractivity contribution in [1.29, 1.82) is 0 Å². The van der Waals surface area contributed by atoms with Gasteiger partial charge in [0.2, 0.25) is 11.8 Å². The van der Waals surface area contributed by atoms with E-state index in [4.69, 9.17) is 23.2 Å². The monoisotopic (exact) mass is 579 g/mol. The number of nitrogens with zero attached hydrogens (tertiary/aromatic N) is 2. The van der Waals surface area contributed by atoms with Gasteiger partial charge in [0.05, 0.1) is 22.8 Å². The van der Waals surface area contributed by atoms with Crippen LogP contribution in [-0.4, -0.2) is 27.1 Å². The van der Waals surface area contributed by atoms with Crippen LogP contribution in [0.2, 0.25) is 10.0 Å². The molecule has 0 radical (unpaired) electrons. The van der Waals surface area contributed by atoms with Crippen LogP contribution in [0.4, 0.5) is 24.5 Å². The molecule has 198 valence electrons. The van der Waals surface area contributed by atoms with Gasteiger partial charge in [-0.15, -0.1) is 0 Å². The van der Waals surface area contributed by atoms with E-state index in [1.165, 1.54) is 11.0 Å². The number of carbonyl (C=O) groups excluding carboxylic acids is 2. The first kappa shape index (κ1) is 28.0. The van der Waals surface area contributed by atoms with Crippen LogP contribution in [0, 0.1) is 13.8 Å². The zero-order valence-electron chi connectivity index (χ0n) is 20.3. The SMILES string of the molecule is Cc1ccc(CN2C(=O)C(CC(=O)Nc3ccc(Cl)c(C(F)(F)F)c3)SC2=Nc2cccc(Cl)c2C)cc1. The van der Waals surface area contributed by atoms with E-state index in [2.05, 4.69) is 10.3 Å². The van der Waals surface area contributed by atoms with Crippen molar-refractivity contribution in [2.75, 3.05) is 5.32 Å². The van der Waals surface area contributed by atoms with Crippen molar-refractivity contribution in [3.05, 3.63) is 93.0 Å². The second-order valence-corrected chi connectivity index (χ2v) is 10.7. The number of benzene rings is 3. The molecule has 1 atom stereocenters. The molecule has 0 saturated carbocycles. The van der Waals surface area contributed by atoms with E-state index in [-0.39, 0.29) is 24.6 Å². The number of aryl methyl sites for hydroxylation is 1. The number of amidine groups is 1. The summed E-state index contributed by atoms with van der Waals surface area (Å²) < 4.78 is 39.6. The van der Waals surface area contributed by atoms with Crippen LogP contribution < -0.4 is 5.32 Å². The summed E-state index contributed by atoms with van der Waals surface area (Å²) in [6, 6.07) is 16.1. The Bertz CT molecular complexity index is 1410. The zero-order valence-corrected chi connectivity index (χ0v) is 22.6. The van der Waals surface area contributed by atoms with Crippen LogP contribution in [-0.2, 0) is 22.3 Å². The molecule has 38 heavy (non-hydrogen) atoms. The van der Waals surface area contributed by atoms with Gasteiger partial charge in [-0.3, -0.25) is 14.5 Å². The van der Waals surface area contributed by atoms with E-state index in [0.717, 1.165) is 40.6 Å². The number of nitrogens with one attached hydrogen (secondary N) is 1. The van der Waals surface area contributed by atoms with Crippen LogP contribution in [0.5, 0.6) is 0 Å². The predicted molar refractivity (Wildman–Crippen MR) is 146 cm³/mol. The molecular formula is C27H22Cl2F3N3O2S. The first-order valence-electron chi connectivity index (χ1n) is 11.5. The number of alkyl halides is 3. The number of amides is 2. The number of anilines is 1. The minimum absolute atomic E-state index is 0.0675. The molecule has 2 amide bonds. The lowest BCUT2D eigenvalue weighted by molar-refractivity contribution is -0.137. The van der Waals surface area contributed by atoms with Crippen molar-refractivity contribution in [2.24, 2.45) is 4.99 Å². The first-order chi connectivity index (χ1) is 17.9. The lowest BCUT2D eigenvalue weighted by atomic mass is 10.1. The fourth-order valence-corrected chi connectivity index (χ4v) is 5.31. The first-order valence-corrected chi connectivity index (χ1v) is 13.1. The van der Waals surface area contributed by atoms with Crippen molar-refractivity contribution in [3.63, 3.8) is 0 Å². The summed E-state index contributed by atoms with van der Waals surface area (Å²) in [5.41, 5.74) is 2.17. The van der Waals surface area contributed by atoms with Gasteiger partial charge in [0.1, 0.15) is 5.25 Å². The topological polar surface area (TPSA) is 61.8 Å². The van der Waals surface area contributed by atoms with E-state index in [1.54, 1.807) is 18.2 Å². The van der Waals surface area contributed by atoms with Gasteiger partial charge in [-0.1, -0.05) is 70.9 Å². The molecule has 1 saturated heterocycles. The quantitative estimate of drug-likeness (QED) is 0.324. The summed E-state index contributed by atoms with van der Waals surface area (Å²) in [5, 5.41) is 2.10. The van der Waals surface area contributed by atoms with E-state index in [1.807, 2.05) is 38.1 Å². The molecule has 11 heteroatoms. The standard InChI is InChI=1S/C27H22Cl2F3N3O2S/c1-15-6-8-17(9-7-15)14-35-25(37)23(38-26(35)34-22-5-3-4-20(28)16(22)2)13-24(36)33-18-10-11-21(29)19(12-18)27(30,31)32/h3-12,23H,13-14H2,1-2H3,(H,33,36). The largest absolute Gasteiger partial charge is 0.417 e. The van der Waals surface area contributed by atoms with E-state index in [9.17, 15) is 22.8 Å². The van der Waals surface area contributed by atoms with Crippen molar-refractivity contribution in [1.82, 2.24) is 4.90 Å². The Morgan fingerprint density at radius 3 is 2.45 bits per heavy atom. The smallest absolute Gasteiger partial charge is 0.326 e. The van der Waals surface area contributed by atoms with Crippen molar-refractivity contribution < 1.29 is 22.8 Å². The fourth-order valence-electron chi connectivity index (χ4n) is 3.77. The third-order valence-electron chi connectivity index (χ3n) is 5.86. The van der Waals surface area contributed by atoms with Crippen LogP contribution in [0.3, 0.4) is 0 Å². The maximum absolute atomic E-state index is 13.4. The summed E-state index contributed by atoms with van der Waals surface area (Å²) in [6.07, 6.45) is -4.93. The van der Waals surface area contributed by atoms with Gasteiger partial charge in [-0.25, -0.2) is 4.99 Å². The summed E-state index contributed by atoms with van der Waals surface area (Å²) >= 11 is 13.0. The maximum Gasteiger partial charge on any atom is 0.417 e. The third kappa shape index (κ3) is 6.51. The van der Waals surface area contributed by atoms with Gasteiger partial charge < -0.3 is 5.32 Å². The third-order valence-corrected chi connectivity index (χ3v) is 7.78. The molecule has 3 aromatic carbocycles. The van der Waals surface area contributed by atoms with Crippen molar-refractivity contribution in [3.8, 4) is 0 Å². The molecule has 1 N–H and O–H groups in total. The molecule has 1 aliphatic heterocycles. The lowest BCUT2D eigenvalue weighted by Gasteiger charge is -2.17. The normalized spacial score (nSPS) is 16.8. The minimum Gasteiger partial charge on any atom is -0.326 e. The van der Waals surface area contributed by atoms with Crippen LogP contribution in [0.15, 0.2) is 65.7 Å². The molecule has 1 fully saturated rings. The van der Waals surface area contributed by atoms with Gasteiger partial charge in [-0.2, -0.15) is 13.2 Å². The van der Waals surface area contributed by atoms with Crippen LogP contribution >= 0.6 is 35.0 Å². The Labute approximate surface area is 232 Å². The molecule has 1 aliphatic rings. The van der Waals surface area contributed by atoms with E-state index in [0.29, 0.717) is 15.9 Å². The Morgan fingerprint density at radius 2 is 1.76 bits per heavy atom. The molecule has 0 spiro atoms. The predicted octanol–water partition coefficient (Wildman–Crippen LogP) is 7.79. The maximum atomic E-state index is 13.4. The number of carbonyl (C=O) groups is 2. The fraction of sp³-hybridized carbons (Fsp3) is 0.222. The van der Waals surface area contributed by atoms with Crippen molar-refractivity contribution >= 4 is 63.3 Å². The minimum atomic E-state index is -4.67. The van der Waals surface area contributed by atoms with Gasteiger partial charge in [0, 0.05) is 17.1 Å². The summed E-state index contributed by atoms with van der Waals surface area (Å²) in [4.78, 5) is 32.4. The summed E-state index contributed by atoms with van der Waals surface area (Å²) in [5.74, 6) is -0.932. The molecule has 3 aromatic rings. The Hall–Kier alpha value is -3.01. The number of hydrogen-bond acceptors (Lipinski definition) is 4. The molecular weight excluding hydrogens is 558 g/mol. The molecule has 0 aromatic heterocycles. The number of rotatable bonds is 6. The van der Waals surface area contributed by atoms with Gasteiger partial charge in [-0.05, 0) is 55.3 Å². The van der Waals surface area contributed by atoms with Crippen LogP contribution in [0.1, 0.15) is 28.7 Å². The second-order valence-electron chi connectivity index (χ2n) is 8.74. The summed E-state index contributed by atoms with van der Waals surface area (Å²) in [6.45, 7) is 4.02. The second kappa shape index (κ2) is 11.4. The van der Waals surface area contributed by atoms with Gasteiger partial charge in [0.25, 0.3) is 0 Å². The highest BCUT2D eigenvalue weighted by Crippen LogP contribution is 2.37. The number of hydrogen-bond donors (Lipinski definition) is 1. The van der Waals surface area contributed by atoms with E-state index >= 15 is 0 Å². The number of halogens is 5. The molecule has 1 heterocycles. The summed E-state index contributed by atoms with van der Waals surface area (Å²) in [7, 11) is 0. The van der Waals surface area contributed by atoms with Crippen molar-refractivity contribution in [2.45, 2.75) is 38.2 Å². The zero-order chi connectivity index (χ0) is 27.6. The highest BCUT2D eigenvalue weighted by Gasteiger charge is 2.39. The van der Waals surface area contributed by atoms with E-state index < -0.39 is 27.9 Å². The number of thioether (sulfide) groups is 1. The molecule has 5 nitrogen and oxygen atoms in total. The Balaban J connectivity index is 1.57. The average Bonchev–Trinajstić information content (AvgIpc) is 3.12. The highest BCUT2D eigenvalue weighted by molar-refractivity contribution is 8.15. The van der Waals surface area contributed by atoms with Gasteiger partial charge >= 0.3 is 6.18 Å². The molecule has 1 unspecified atom stereocenters. The Morgan fingerprint density at radius 1 is 1.05 bits per heavy atom. The Kier molecular flexibility index (Phi) is 8.40. The van der Waals surface area contributed by atoms with Gasteiger partial charge in [0.15, 0.2) is 5.17 Å². The van der Waals surface area contributed by atoms with Crippen LogP contribution in [0.25, 0.3) is 0 Å². The lowest BCUT2D eigenvalue weighted by Crippen LogP contribution is -2.33. The number of aliphatic imine (C=N–C) groups is 1.